The number of benzene rings is 1. The van der Waals surface area contributed by atoms with Gasteiger partial charge in [-0.25, -0.2) is 0 Å². The fraction of sp³-hybridized carbons (Fsp3) is 0.389. The Morgan fingerprint density at radius 1 is 1.25 bits per heavy atom. The molecular weight excluding hydrogens is 258 g/mol. The van der Waals surface area contributed by atoms with Gasteiger partial charge in [-0.1, -0.05) is 63.7 Å². The minimum absolute atomic E-state index is 0.0900. The van der Waals surface area contributed by atoms with E-state index in [1.54, 1.807) is 24.3 Å². The van der Waals surface area contributed by atoms with E-state index < -0.39 is 34.0 Å². The molecule has 0 aliphatic carbocycles. The first-order valence-electron chi connectivity index (χ1n) is 11.0. The maximum absolute atomic E-state index is 8.67. The molecule has 1 aromatic carbocycles. The van der Waals surface area contributed by atoms with Crippen LogP contribution < -0.4 is 5.19 Å². The number of nitrogens with zero attached hydrogens (tertiary/aromatic N) is 1. The molecule has 0 fully saturated rings. The van der Waals surface area contributed by atoms with Gasteiger partial charge in [0.05, 0.1) is 13.8 Å². The first-order valence-corrected chi connectivity index (χ1v) is 10.0. The van der Waals surface area contributed by atoms with Crippen LogP contribution >= 0.6 is 0 Å². The molecule has 0 amide bonds. The Hall–Kier alpha value is -1.41. The summed E-state index contributed by atoms with van der Waals surface area (Å²) in [6.45, 7) is -0.963. The molecule has 0 saturated carbocycles. The first-order chi connectivity index (χ1) is 12.9. The second kappa shape index (κ2) is 5.92. The lowest BCUT2D eigenvalue weighted by molar-refractivity contribution is 0.649. The fourth-order valence-electron chi connectivity index (χ4n) is 2.06. The van der Waals surface area contributed by atoms with Gasteiger partial charge in [0, 0.05) is 24.1 Å². The van der Waals surface area contributed by atoms with Crippen LogP contribution in [0.3, 0.4) is 0 Å². The van der Waals surface area contributed by atoms with Crippen molar-refractivity contribution in [2.75, 3.05) is 0 Å². The van der Waals surface area contributed by atoms with Gasteiger partial charge in [-0.05, 0) is 29.1 Å². The summed E-state index contributed by atoms with van der Waals surface area (Å²) in [6.07, 6.45) is -1.48. The maximum atomic E-state index is 8.67. The zero-order chi connectivity index (χ0) is 22.5. The standard InChI is InChI=1S/C18H25NSi/c1-14(2)11-16-12-17(15-9-7-6-8-10-15)19-13-18(16)20(3,4)5/h6-10,12-14H,11H2,1-5H3/i1D3,2D3,11D2,14D. The number of hydrogen-bond donors (Lipinski definition) is 0. The Morgan fingerprint density at radius 3 is 2.55 bits per heavy atom. The van der Waals surface area contributed by atoms with Gasteiger partial charge in [-0.15, -0.1) is 0 Å². The normalized spacial score (nSPS) is 21.1. The third kappa shape index (κ3) is 3.57. The van der Waals surface area contributed by atoms with E-state index >= 15 is 0 Å². The quantitative estimate of drug-likeness (QED) is 0.757. The largest absolute Gasteiger partial charge is 0.256 e. The third-order valence-corrected chi connectivity index (χ3v) is 5.06. The zero-order valence-electron chi connectivity index (χ0n) is 21.0. The van der Waals surface area contributed by atoms with Crippen molar-refractivity contribution in [1.82, 2.24) is 4.98 Å². The van der Waals surface area contributed by atoms with Crippen LogP contribution in [0.1, 0.15) is 31.6 Å². The van der Waals surface area contributed by atoms with Crippen LogP contribution in [-0.4, -0.2) is 13.1 Å². The molecule has 0 unspecified atom stereocenters. The van der Waals surface area contributed by atoms with E-state index in [1.807, 2.05) is 25.7 Å². The van der Waals surface area contributed by atoms with E-state index in [0.29, 0.717) is 16.4 Å². The smallest absolute Gasteiger partial charge is 0.0799 e. The van der Waals surface area contributed by atoms with Crippen molar-refractivity contribution >= 4 is 13.3 Å². The molecule has 106 valence electrons. The molecule has 2 aromatic rings. The Bertz CT molecular complexity index is 854. The topological polar surface area (TPSA) is 12.9 Å². The molecule has 1 nitrogen and oxygen atoms in total. The molecule has 1 heterocycles. The average molecular weight is 293 g/mol. The molecule has 0 atom stereocenters. The summed E-state index contributed by atoms with van der Waals surface area (Å²) in [5, 5.41) is 0.493. The van der Waals surface area contributed by atoms with Crippen molar-refractivity contribution in [2.45, 2.75) is 39.7 Å². The molecule has 0 radical (unpaired) electrons. The molecule has 1 aromatic heterocycles. The molecule has 0 N–H and O–H groups in total. The summed E-state index contributed by atoms with van der Waals surface area (Å²) in [7, 11) is -2.26. The molecule has 0 saturated heterocycles. The van der Waals surface area contributed by atoms with Gasteiger partial charge in [0.25, 0.3) is 0 Å². The molecule has 2 rings (SSSR count). The van der Waals surface area contributed by atoms with Crippen LogP contribution in [0, 0.1) is 5.89 Å². The highest BCUT2D eigenvalue weighted by Crippen LogP contribution is 2.20. The van der Waals surface area contributed by atoms with E-state index in [1.165, 1.54) is 12.3 Å². The second-order valence-electron chi connectivity index (χ2n) is 5.73. The average Bonchev–Trinajstić information content (AvgIpc) is 2.58. The molecule has 20 heavy (non-hydrogen) atoms. The molecule has 2 heteroatoms. The summed E-state index contributed by atoms with van der Waals surface area (Å²) in [6, 6.07) is 10.4. The fourth-order valence-corrected chi connectivity index (χ4v) is 3.45. The van der Waals surface area contributed by atoms with E-state index in [-0.39, 0.29) is 5.56 Å². The van der Waals surface area contributed by atoms with Crippen LogP contribution in [0.5, 0.6) is 0 Å². The minimum atomic E-state index is -3.38. The van der Waals surface area contributed by atoms with Gasteiger partial charge in [0.1, 0.15) is 0 Å². The number of hydrogen-bond acceptors (Lipinski definition) is 1. The number of rotatable bonds is 4. The SMILES string of the molecule is [2H]C([2H])([2H])C([2H])(C([2H])([2H])[2H])C([2H])([2H])c1cc(-c2ccccc2)ncc1[Si](C)(C)C. The Kier molecular flexibility index (Phi) is 2.08. The molecule has 0 aliphatic rings. The minimum Gasteiger partial charge on any atom is -0.256 e. The molecule has 0 aliphatic heterocycles. The van der Waals surface area contributed by atoms with Crippen LogP contribution in [-0.2, 0) is 6.37 Å². The van der Waals surface area contributed by atoms with Crippen molar-refractivity contribution in [3.63, 3.8) is 0 Å². The zero-order valence-corrected chi connectivity index (χ0v) is 13.0. The molecular formula is C18H25NSi. The van der Waals surface area contributed by atoms with E-state index in [2.05, 4.69) is 4.98 Å². The third-order valence-electron chi connectivity index (χ3n) is 3.04. The second-order valence-corrected chi connectivity index (χ2v) is 10.8. The Morgan fingerprint density at radius 2 is 1.95 bits per heavy atom. The Labute approximate surface area is 136 Å². The lowest BCUT2D eigenvalue weighted by atomic mass is 10.0. The van der Waals surface area contributed by atoms with E-state index in [9.17, 15) is 0 Å². The van der Waals surface area contributed by atoms with Gasteiger partial charge in [-0.3, -0.25) is 4.98 Å². The number of pyridine rings is 1. The summed E-state index contributed by atoms with van der Waals surface area (Å²) in [5.41, 5.74) is 0.989. The first kappa shape index (κ1) is 7.03. The summed E-state index contributed by atoms with van der Waals surface area (Å²) in [4.78, 5) is 4.42. The van der Waals surface area contributed by atoms with E-state index in [0.717, 1.165) is 0 Å². The van der Waals surface area contributed by atoms with Crippen molar-refractivity contribution in [3.05, 3.63) is 48.2 Å². The molecule has 0 bridgehead atoms. The maximum Gasteiger partial charge on any atom is 0.0799 e. The van der Waals surface area contributed by atoms with Crippen molar-refractivity contribution in [3.8, 4) is 11.3 Å². The van der Waals surface area contributed by atoms with Gasteiger partial charge in [-0.2, -0.15) is 0 Å². The number of aromatic nitrogens is 1. The van der Waals surface area contributed by atoms with Crippen LogP contribution in [0.25, 0.3) is 11.3 Å². The van der Waals surface area contributed by atoms with Crippen LogP contribution in [0.15, 0.2) is 42.6 Å². The van der Waals surface area contributed by atoms with Crippen LogP contribution in [0.2, 0.25) is 19.6 Å². The van der Waals surface area contributed by atoms with Crippen molar-refractivity contribution in [2.24, 2.45) is 5.89 Å². The summed E-state index contributed by atoms with van der Waals surface area (Å²) in [5.74, 6) is -3.35. The predicted octanol–water partition coefficient (Wildman–Crippen LogP) is 4.49. The van der Waals surface area contributed by atoms with Crippen molar-refractivity contribution < 1.29 is 12.3 Å². The van der Waals surface area contributed by atoms with Crippen molar-refractivity contribution in [1.29, 1.82) is 0 Å². The highest BCUT2D eigenvalue weighted by Gasteiger charge is 2.21. The predicted molar refractivity (Wildman–Crippen MR) is 91.2 cm³/mol. The summed E-state index contributed by atoms with van der Waals surface area (Å²) >= 11 is 0. The van der Waals surface area contributed by atoms with E-state index in [4.69, 9.17) is 12.3 Å². The highest BCUT2D eigenvalue weighted by molar-refractivity contribution is 6.89. The Balaban J connectivity index is 2.88. The highest BCUT2D eigenvalue weighted by atomic mass is 28.3. The van der Waals surface area contributed by atoms with Gasteiger partial charge < -0.3 is 0 Å². The van der Waals surface area contributed by atoms with Gasteiger partial charge >= 0.3 is 0 Å². The van der Waals surface area contributed by atoms with Gasteiger partial charge in [0.15, 0.2) is 0 Å². The monoisotopic (exact) mass is 292 g/mol. The summed E-state index contributed by atoms with van der Waals surface area (Å²) < 4.78 is 72.2. The van der Waals surface area contributed by atoms with Crippen LogP contribution in [0.4, 0.5) is 0 Å². The lowest BCUT2D eigenvalue weighted by Crippen LogP contribution is -2.40. The van der Waals surface area contributed by atoms with Gasteiger partial charge in [0.2, 0.25) is 0 Å². The molecule has 0 spiro atoms. The lowest BCUT2D eigenvalue weighted by Gasteiger charge is -2.22.